The summed E-state index contributed by atoms with van der Waals surface area (Å²) >= 11 is 0. The van der Waals surface area contributed by atoms with Crippen LogP contribution in [0.1, 0.15) is 19.4 Å². The molecule has 3 rings (SSSR count). The third-order valence-corrected chi connectivity index (χ3v) is 3.91. The molecule has 0 atom stereocenters. The lowest BCUT2D eigenvalue weighted by Gasteiger charge is -2.25. The van der Waals surface area contributed by atoms with Gasteiger partial charge in [-0.3, -0.25) is 4.90 Å². The second kappa shape index (κ2) is 7.10. The first-order valence-electron chi connectivity index (χ1n) is 8.21. The summed E-state index contributed by atoms with van der Waals surface area (Å²) in [5.74, 6) is -1.98. The van der Waals surface area contributed by atoms with E-state index in [1.165, 1.54) is 4.90 Å². The van der Waals surface area contributed by atoms with E-state index in [-0.39, 0.29) is 6.04 Å². The summed E-state index contributed by atoms with van der Waals surface area (Å²) in [5, 5.41) is 6.99. The fourth-order valence-corrected chi connectivity index (χ4v) is 2.71. The number of tetrazole rings is 1. The van der Waals surface area contributed by atoms with E-state index < -0.39 is 29.0 Å². The topological polar surface area (TPSA) is 73.0 Å². The smallest absolute Gasteiger partial charge is 0.290 e. The zero-order valence-corrected chi connectivity index (χ0v) is 14.9. The second-order valence-corrected chi connectivity index (χ2v) is 6.24. The number of nitrogens with zero attached hydrogens (tertiary/aromatic N) is 5. The Bertz CT molecular complexity index is 1040. The van der Waals surface area contributed by atoms with Gasteiger partial charge in [0, 0.05) is 11.7 Å². The highest BCUT2D eigenvalue weighted by molar-refractivity contribution is 5.93. The molecule has 0 bridgehead atoms. The SMILES string of the molecule is Cc1cccc(N(C(=O)n2nnn(-c3c(F)cccc3F)c2=O)C(C)C)c1. The van der Waals surface area contributed by atoms with Crippen LogP contribution in [0.3, 0.4) is 0 Å². The van der Waals surface area contributed by atoms with Crippen molar-refractivity contribution < 1.29 is 13.6 Å². The zero-order valence-electron chi connectivity index (χ0n) is 14.9. The van der Waals surface area contributed by atoms with E-state index in [4.69, 9.17) is 0 Å². The Kier molecular flexibility index (Phi) is 4.85. The molecule has 0 unspecified atom stereocenters. The van der Waals surface area contributed by atoms with Gasteiger partial charge in [0.15, 0.2) is 11.6 Å². The van der Waals surface area contributed by atoms with Crippen LogP contribution in [0.5, 0.6) is 0 Å². The van der Waals surface area contributed by atoms with Crippen molar-refractivity contribution in [3.8, 4) is 5.69 Å². The van der Waals surface area contributed by atoms with Gasteiger partial charge >= 0.3 is 11.7 Å². The summed E-state index contributed by atoms with van der Waals surface area (Å²) in [6, 6.07) is 9.20. The maximum atomic E-state index is 14.0. The van der Waals surface area contributed by atoms with Gasteiger partial charge in [-0.05, 0) is 61.0 Å². The molecular weight excluding hydrogens is 356 g/mol. The number of halogens is 2. The molecule has 1 amide bonds. The number of carbonyl (C=O) groups is 1. The van der Waals surface area contributed by atoms with Gasteiger partial charge in [-0.2, -0.15) is 4.68 Å². The maximum absolute atomic E-state index is 14.0. The molecule has 0 spiro atoms. The number of carbonyl (C=O) groups excluding carboxylic acids is 1. The number of aryl methyl sites for hydroxylation is 1. The van der Waals surface area contributed by atoms with Gasteiger partial charge in [-0.1, -0.05) is 18.2 Å². The molecule has 1 heterocycles. The second-order valence-electron chi connectivity index (χ2n) is 6.24. The monoisotopic (exact) mass is 373 g/mol. The highest BCUT2D eigenvalue weighted by Crippen LogP contribution is 2.19. The molecular formula is C18H17F2N5O2. The Balaban J connectivity index is 2.08. The zero-order chi connectivity index (χ0) is 19.7. The first-order valence-corrected chi connectivity index (χ1v) is 8.21. The van der Waals surface area contributed by atoms with Crippen molar-refractivity contribution in [2.24, 2.45) is 0 Å². The summed E-state index contributed by atoms with van der Waals surface area (Å²) in [5.41, 5.74) is -0.264. The Morgan fingerprint density at radius 1 is 1.07 bits per heavy atom. The molecule has 0 fully saturated rings. The summed E-state index contributed by atoms with van der Waals surface area (Å²) in [6.45, 7) is 5.41. The number of hydrogen-bond acceptors (Lipinski definition) is 4. The Morgan fingerprint density at radius 3 is 2.30 bits per heavy atom. The largest absolute Gasteiger partial charge is 0.377 e. The van der Waals surface area contributed by atoms with Crippen LogP contribution in [0, 0.1) is 18.6 Å². The minimum absolute atomic E-state index is 0.304. The number of para-hydroxylation sites is 1. The molecule has 0 aliphatic carbocycles. The van der Waals surface area contributed by atoms with E-state index >= 15 is 0 Å². The third-order valence-electron chi connectivity index (χ3n) is 3.91. The van der Waals surface area contributed by atoms with Crippen molar-refractivity contribution in [1.82, 2.24) is 19.8 Å². The van der Waals surface area contributed by atoms with E-state index in [1.807, 2.05) is 13.0 Å². The lowest BCUT2D eigenvalue weighted by atomic mass is 10.2. The first kappa shape index (κ1) is 18.4. The van der Waals surface area contributed by atoms with E-state index in [2.05, 4.69) is 10.4 Å². The van der Waals surface area contributed by atoms with Crippen molar-refractivity contribution in [2.45, 2.75) is 26.8 Å². The lowest BCUT2D eigenvalue weighted by molar-refractivity contribution is 0.242. The summed E-state index contributed by atoms with van der Waals surface area (Å²) < 4.78 is 28.8. The fourth-order valence-electron chi connectivity index (χ4n) is 2.71. The van der Waals surface area contributed by atoms with Crippen molar-refractivity contribution >= 4 is 11.7 Å². The van der Waals surface area contributed by atoms with E-state index in [1.54, 1.807) is 32.0 Å². The van der Waals surface area contributed by atoms with Crippen LogP contribution < -0.4 is 10.6 Å². The predicted octanol–water partition coefficient (Wildman–Crippen LogP) is 2.90. The van der Waals surface area contributed by atoms with E-state index in [9.17, 15) is 18.4 Å². The summed E-state index contributed by atoms with van der Waals surface area (Å²) in [7, 11) is 0. The molecule has 7 nitrogen and oxygen atoms in total. The average molecular weight is 373 g/mol. The van der Waals surface area contributed by atoms with Gasteiger partial charge in [-0.25, -0.2) is 18.4 Å². The Morgan fingerprint density at radius 2 is 1.70 bits per heavy atom. The minimum atomic E-state index is -1.07. The number of benzene rings is 2. The van der Waals surface area contributed by atoms with Crippen LogP contribution in [0.2, 0.25) is 0 Å². The first-order chi connectivity index (χ1) is 12.8. The van der Waals surface area contributed by atoms with Crippen molar-refractivity contribution in [1.29, 1.82) is 0 Å². The molecule has 0 N–H and O–H groups in total. The highest BCUT2D eigenvalue weighted by atomic mass is 19.1. The van der Waals surface area contributed by atoms with Crippen LogP contribution in [0.4, 0.5) is 19.3 Å². The number of amides is 1. The fraction of sp³-hybridized carbons (Fsp3) is 0.222. The molecule has 0 radical (unpaired) electrons. The van der Waals surface area contributed by atoms with Crippen LogP contribution in [-0.2, 0) is 0 Å². The molecule has 3 aromatic rings. The van der Waals surface area contributed by atoms with Gasteiger partial charge in [0.05, 0.1) is 0 Å². The number of aromatic nitrogens is 4. The molecule has 2 aromatic carbocycles. The summed E-state index contributed by atoms with van der Waals surface area (Å²) in [4.78, 5) is 26.8. The molecule has 9 heteroatoms. The Labute approximate surface area is 153 Å². The predicted molar refractivity (Wildman–Crippen MR) is 95.1 cm³/mol. The maximum Gasteiger partial charge on any atom is 0.377 e. The lowest BCUT2D eigenvalue weighted by Crippen LogP contribution is -2.44. The summed E-state index contributed by atoms with van der Waals surface area (Å²) in [6.07, 6.45) is 0. The molecule has 0 saturated heterocycles. The Hall–Kier alpha value is -3.36. The van der Waals surface area contributed by atoms with E-state index in [0.29, 0.717) is 15.1 Å². The van der Waals surface area contributed by atoms with Gasteiger partial charge in [-0.15, -0.1) is 4.68 Å². The standard InChI is InChI=1S/C18H17F2N5O2/c1-11(2)23(13-7-4-6-12(3)10-13)17(26)25-18(27)24(21-22-25)16-14(19)8-5-9-15(16)20/h4-11H,1-3H3. The van der Waals surface area contributed by atoms with Gasteiger partial charge in [0.1, 0.15) is 5.69 Å². The molecule has 1 aromatic heterocycles. The molecule has 27 heavy (non-hydrogen) atoms. The average Bonchev–Trinajstić information content (AvgIpc) is 2.96. The quantitative estimate of drug-likeness (QED) is 0.662. The van der Waals surface area contributed by atoms with Crippen molar-refractivity contribution in [3.05, 3.63) is 70.1 Å². The van der Waals surface area contributed by atoms with Gasteiger partial charge < -0.3 is 0 Å². The van der Waals surface area contributed by atoms with Crippen LogP contribution in [0.15, 0.2) is 47.3 Å². The molecule has 0 saturated carbocycles. The number of hydrogen-bond donors (Lipinski definition) is 0. The van der Waals surface area contributed by atoms with E-state index in [0.717, 1.165) is 23.8 Å². The normalized spacial score (nSPS) is 11.0. The van der Waals surface area contributed by atoms with Crippen LogP contribution >= 0.6 is 0 Å². The highest BCUT2D eigenvalue weighted by Gasteiger charge is 2.26. The van der Waals surface area contributed by atoms with Crippen molar-refractivity contribution in [3.63, 3.8) is 0 Å². The van der Waals surface area contributed by atoms with Gasteiger partial charge in [0.2, 0.25) is 0 Å². The molecule has 140 valence electrons. The number of anilines is 1. The van der Waals surface area contributed by atoms with Crippen LogP contribution in [-0.4, -0.2) is 31.9 Å². The molecule has 0 aliphatic heterocycles. The van der Waals surface area contributed by atoms with Crippen molar-refractivity contribution in [2.75, 3.05) is 4.90 Å². The third kappa shape index (κ3) is 3.35. The molecule has 0 aliphatic rings. The minimum Gasteiger partial charge on any atom is -0.290 e. The number of rotatable bonds is 3. The van der Waals surface area contributed by atoms with Crippen LogP contribution in [0.25, 0.3) is 5.69 Å². The van der Waals surface area contributed by atoms with Gasteiger partial charge in [0.25, 0.3) is 0 Å².